The predicted octanol–water partition coefficient (Wildman–Crippen LogP) is 3.04. The average Bonchev–Trinajstić information content (AvgIpc) is 2.65. The van der Waals surface area contributed by atoms with Gasteiger partial charge in [0.25, 0.3) is 0 Å². The van der Waals surface area contributed by atoms with Crippen molar-refractivity contribution in [3.05, 3.63) is 17.5 Å². The third-order valence-corrected chi connectivity index (χ3v) is 6.19. The van der Waals surface area contributed by atoms with E-state index in [2.05, 4.69) is 16.9 Å². The number of ether oxygens (including phenoxy) is 1. The van der Waals surface area contributed by atoms with E-state index in [9.17, 15) is 9.90 Å². The van der Waals surface area contributed by atoms with E-state index in [4.69, 9.17) is 4.74 Å². The third kappa shape index (κ3) is 4.98. The summed E-state index contributed by atoms with van der Waals surface area (Å²) in [6.45, 7) is 7.59. The molecule has 1 aliphatic carbocycles. The van der Waals surface area contributed by atoms with E-state index in [0.29, 0.717) is 11.9 Å². The van der Waals surface area contributed by atoms with Gasteiger partial charge in [0, 0.05) is 29.9 Å². The maximum atomic E-state index is 12.9. The number of hydrogen-bond donors (Lipinski definition) is 1. The van der Waals surface area contributed by atoms with Gasteiger partial charge in [-0.1, -0.05) is 26.2 Å². The van der Waals surface area contributed by atoms with Crippen LogP contribution < -0.4 is 4.74 Å². The Morgan fingerprint density at radius 1 is 1.22 bits per heavy atom. The molecule has 0 radical (unpaired) electrons. The normalized spacial score (nSPS) is 21.7. The Kier molecular flexibility index (Phi) is 6.35. The second-order valence-corrected chi connectivity index (χ2v) is 8.56. The molecule has 6 nitrogen and oxygen atoms in total. The molecule has 1 saturated carbocycles. The summed E-state index contributed by atoms with van der Waals surface area (Å²) in [5, 5.41) is 10.5. The molecule has 1 aliphatic heterocycles. The number of carbonyl (C=O) groups is 1. The van der Waals surface area contributed by atoms with Crippen LogP contribution in [0.15, 0.2) is 6.07 Å². The van der Waals surface area contributed by atoms with Crippen molar-refractivity contribution in [2.24, 2.45) is 11.3 Å². The SMILES string of the molecule is Cc1cc(C)nc(OCC(O)C2CCN(C(=O)C3(C)CCCCC3)CC2)n1. The number of amides is 1. The van der Waals surface area contributed by atoms with Gasteiger partial charge in [-0.05, 0) is 51.5 Å². The first-order chi connectivity index (χ1) is 12.9. The quantitative estimate of drug-likeness (QED) is 0.856. The zero-order valence-electron chi connectivity index (χ0n) is 16.9. The van der Waals surface area contributed by atoms with Crippen LogP contribution in [0.3, 0.4) is 0 Å². The minimum absolute atomic E-state index is 0.152. The van der Waals surface area contributed by atoms with E-state index < -0.39 is 6.10 Å². The number of rotatable bonds is 5. The summed E-state index contributed by atoms with van der Waals surface area (Å²) in [4.78, 5) is 23.5. The van der Waals surface area contributed by atoms with E-state index in [1.54, 1.807) is 0 Å². The molecule has 6 heteroatoms. The lowest BCUT2D eigenvalue weighted by Gasteiger charge is -2.41. The predicted molar refractivity (Wildman–Crippen MR) is 104 cm³/mol. The number of aliphatic hydroxyl groups excluding tert-OH is 1. The van der Waals surface area contributed by atoms with Crippen molar-refractivity contribution >= 4 is 5.91 Å². The van der Waals surface area contributed by atoms with Gasteiger partial charge in [0.05, 0.1) is 6.10 Å². The molecule has 1 saturated heterocycles. The Hall–Kier alpha value is -1.69. The Bertz CT molecular complexity index is 630. The molecule has 27 heavy (non-hydrogen) atoms. The summed E-state index contributed by atoms with van der Waals surface area (Å²) < 4.78 is 5.62. The van der Waals surface area contributed by atoms with Gasteiger partial charge in [-0.3, -0.25) is 4.79 Å². The smallest absolute Gasteiger partial charge is 0.316 e. The number of aromatic nitrogens is 2. The van der Waals surface area contributed by atoms with Crippen LogP contribution in [-0.4, -0.2) is 51.7 Å². The van der Waals surface area contributed by atoms with Crippen LogP contribution in [0.4, 0.5) is 0 Å². The molecule has 1 unspecified atom stereocenters. The molecule has 1 aromatic heterocycles. The monoisotopic (exact) mass is 375 g/mol. The van der Waals surface area contributed by atoms with Crippen molar-refractivity contribution in [3.8, 4) is 6.01 Å². The molecule has 2 aliphatic rings. The molecule has 1 amide bonds. The van der Waals surface area contributed by atoms with Crippen molar-refractivity contribution in [1.82, 2.24) is 14.9 Å². The first-order valence-corrected chi connectivity index (χ1v) is 10.3. The molecule has 2 heterocycles. The highest BCUT2D eigenvalue weighted by Crippen LogP contribution is 2.38. The average molecular weight is 376 g/mol. The number of piperidine rings is 1. The summed E-state index contributed by atoms with van der Waals surface area (Å²) in [5.41, 5.74) is 1.54. The number of nitrogens with zero attached hydrogens (tertiary/aromatic N) is 3. The van der Waals surface area contributed by atoms with Gasteiger partial charge in [-0.2, -0.15) is 0 Å². The van der Waals surface area contributed by atoms with Crippen molar-refractivity contribution in [2.75, 3.05) is 19.7 Å². The summed E-state index contributed by atoms with van der Waals surface area (Å²) in [5.74, 6) is 0.467. The van der Waals surface area contributed by atoms with Gasteiger partial charge in [0.2, 0.25) is 5.91 Å². The lowest BCUT2D eigenvalue weighted by atomic mass is 9.74. The van der Waals surface area contributed by atoms with Gasteiger partial charge in [0.1, 0.15) is 6.61 Å². The number of aliphatic hydroxyl groups is 1. The zero-order valence-corrected chi connectivity index (χ0v) is 16.9. The Morgan fingerprint density at radius 2 is 1.81 bits per heavy atom. The largest absolute Gasteiger partial charge is 0.461 e. The number of likely N-dealkylation sites (tertiary alicyclic amines) is 1. The molecule has 0 bridgehead atoms. The fraction of sp³-hybridized carbons (Fsp3) is 0.762. The Labute approximate surface area is 162 Å². The number of hydrogen-bond acceptors (Lipinski definition) is 5. The van der Waals surface area contributed by atoms with Crippen LogP contribution in [0.5, 0.6) is 6.01 Å². The molecule has 1 atom stereocenters. The molecule has 3 rings (SSSR count). The van der Waals surface area contributed by atoms with Gasteiger partial charge < -0.3 is 14.7 Å². The highest BCUT2D eigenvalue weighted by Gasteiger charge is 2.39. The van der Waals surface area contributed by atoms with Crippen molar-refractivity contribution < 1.29 is 14.6 Å². The highest BCUT2D eigenvalue weighted by molar-refractivity contribution is 5.82. The fourth-order valence-corrected chi connectivity index (χ4v) is 4.47. The van der Waals surface area contributed by atoms with Crippen LogP contribution in [0.2, 0.25) is 0 Å². The fourth-order valence-electron chi connectivity index (χ4n) is 4.47. The van der Waals surface area contributed by atoms with Crippen LogP contribution in [0.1, 0.15) is 63.3 Å². The molecule has 150 valence electrons. The number of carbonyl (C=O) groups excluding carboxylic acids is 1. The first kappa shape index (κ1) is 20.1. The minimum Gasteiger partial charge on any atom is -0.461 e. The zero-order chi connectivity index (χ0) is 19.4. The van der Waals surface area contributed by atoms with Crippen molar-refractivity contribution in [2.45, 2.75) is 71.8 Å². The molecule has 1 aromatic rings. The molecule has 1 N–H and O–H groups in total. The molecular formula is C21H33N3O3. The first-order valence-electron chi connectivity index (χ1n) is 10.3. The van der Waals surface area contributed by atoms with Crippen molar-refractivity contribution in [1.29, 1.82) is 0 Å². The van der Waals surface area contributed by atoms with Gasteiger partial charge in [-0.25, -0.2) is 9.97 Å². The maximum absolute atomic E-state index is 12.9. The van der Waals surface area contributed by atoms with Crippen LogP contribution in [0, 0.1) is 25.2 Å². The summed E-state index contributed by atoms with van der Waals surface area (Å²) in [6, 6.07) is 2.22. The summed E-state index contributed by atoms with van der Waals surface area (Å²) in [7, 11) is 0. The summed E-state index contributed by atoms with van der Waals surface area (Å²) >= 11 is 0. The van der Waals surface area contributed by atoms with E-state index in [0.717, 1.165) is 63.0 Å². The van der Waals surface area contributed by atoms with Crippen LogP contribution >= 0.6 is 0 Å². The Balaban J connectivity index is 1.47. The van der Waals surface area contributed by atoms with Gasteiger partial charge in [-0.15, -0.1) is 0 Å². The standard InChI is InChI=1S/C21H33N3O3/c1-15-13-16(2)23-20(22-15)27-14-18(25)17-7-11-24(12-8-17)19(26)21(3)9-5-4-6-10-21/h13,17-18,25H,4-12,14H2,1-3H3. The number of aryl methyl sites for hydroxylation is 2. The van der Waals surface area contributed by atoms with Gasteiger partial charge in [0.15, 0.2) is 0 Å². The highest BCUT2D eigenvalue weighted by atomic mass is 16.5. The third-order valence-electron chi connectivity index (χ3n) is 6.19. The second kappa shape index (κ2) is 8.55. The van der Waals surface area contributed by atoms with Crippen LogP contribution in [0.25, 0.3) is 0 Å². The molecule has 0 aromatic carbocycles. The van der Waals surface area contributed by atoms with Gasteiger partial charge >= 0.3 is 6.01 Å². The minimum atomic E-state index is -0.558. The maximum Gasteiger partial charge on any atom is 0.316 e. The molecule has 2 fully saturated rings. The second-order valence-electron chi connectivity index (χ2n) is 8.56. The van der Waals surface area contributed by atoms with E-state index in [-0.39, 0.29) is 17.9 Å². The summed E-state index contributed by atoms with van der Waals surface area (Å²) in [6.07, 6.45) is 6.68. The van der Waals surface area contributed by atoms with E-state index in [1.165, 1.54) is 6.42 Å². The van der Waals surface area contributed by atoms with E-state index >= 15 is 0 Å². The van der Waals surface area contributed by atoms with Crippen molar-refractivity contribution in [3.63, 3.8) is 0 Å². The van der Waals surface area contributed by atoms with E-state index in [1.807, 2.05) is 24.8 Å². The lowest BCUT2D eigenvalue weighted by molar-refractivity contribution is -0.145. The lowest BCUT2D eigenvalue weighted by Crippen LogP contribution is -2.48. The molecule has 0 spiro atoms. The van der Waals surface area contributed by atoms with Crippen LogP contribution in [-0.2, 0) is 4.79 Å². The topological polar surface area (TPSA) is 75.6 Å². The Morgan fingerprint density at radius 3 is 2.41 bits per heavy atom. The molecular weight excluding hydrogens is 342 g/mol.